The van der Waals surface area contributed by atoms with E-state index in [9.17, 15) is 0 Å². The monoisotopic (exact) mass is 555 g/mol. The Hall–Kier alpha value is -1.88. The highest BCUT2D eigenvalue weighted by Crippen LogP contribution is 2.46. The van der Waals surface area contributed by atoms with Crippen LogP contribution in [0.1, 0.15) is 43.7 Å². The quantitative estimate of drug-likeness (QED) is 0.454. The Kier molecular flexibility index (Phi) is 6.99. The molecule has 3 atom stereocenters. The highest BCUT2D eigenvalue weighted by Gasteiger charge is 2.48. The molecule has 0 fully saturated rings. The Morgan fingerprint density at radius 1 is 0.917 bits per heavy atom. The van der Waals surface area contributed by atoms with E-state index in [0.717, 1.165) is 32.4 Å². The molecule has 2 aromatic rings. The van der Waals surface area contributed by atoms with E-state index in [1.165, 1.54) is 5.56 Å². The molecule has 0 radical (unpaired) electrons. The first-order valence-corrected chi connectivity index (χ1v) is 15.1. The third kappa shape index (κ3) is 4.85. The number of rotatable bonds is 6. The van der Waals surface area contributed by atoms with Gasteiger partial charge in [-0.25, -0.2) is 4.98 Å². The van der Waals surface area contributed by atoms with Crippen molar-refractivity contribution in [1.29, 1.82) is 0 Å². The van der Waals surface area contributed by atoms with Crippen molar-refractivity contribution in [3.05, 3.63) is 59.3 Å². The smallest absolute Gasteiger partial charge is 0.223 e. The second kappa shape index (κ2) is 9.78. The molecule has 0 unspecified atom stereocenters. The molecule has 0 bridgehead atoms. The van der Waals surface area contributed by atoms with Crippen LogP contribution in [-0.2, 0) is 5.54 Å². The molecular formula is C26H29N5OS4. The molecule has 0 spiro atoms. The van der Waals surface area contributed by atoms with Gasteiger partial charge in [-0.2, -0.15) is 0 Å². The van der Waals surface area contributed by atoms with Crippen molar-refractivity contribution >= 4 is 73.7 Å². The molecule has 4 heterocycles. The fourth-order valence-electron chi connectivity index (χ4n) is 4.17. The molecule has 0 amide bonds. The van der Waals surface area contributed by atoms with E-state index in [0.29, 0.717) is 22.3 Å². The second-order valence-electron chi connectivity index (χ2n) is 9.72. The molecule has 5 rings (SSSR count). The maximum atomic E-state index is 6.03. The molecule has 6 nitrogen and oxygen atoms in total. The van der Waals surface area contributed by atoms with Crippen LogP contribution in [-0.4, -0.2) is 60.5 Å². The fourth-order valence-corrected chi connectivity index (χ4v) is 8.22. The lowest BCUT2D eigenvalue weighted by Gasteiger charge is -2.21. The van der Waals surface area contributed by atoms with E-state index in [1.807, 2.05) is 25.1 Å². The number of oxazole rings is 1. The molecule has 0 saturated heterocycles. The number of aryl methyl sites for hydroxylation is 1. The highest BCUT2D eigenvalue weighted by atomic mass is 32.2. The minimum Gasteiger partial charge on any atom is -0.443 e. The number of thiocarbonyl (C=S) groups is 1. The number of aliphatic imine (C=N–C) groups is 3. The van der Waals surface area contributed by atoms with E-state index in [2.05, 4.69) is 50.4 Å². The number of aromatic nitrogens is 1. The Bertz CT molecular complexity index is 1320. The summed E-state index contributed by atoms with van der Waals surface area (Å²) in [6.07, 6.45) is 4.23. The summed E-state index contributed by atoms with van der Waals surface area (Å²) >= 11 is 10.7. The summed E-state index contributed by atoms with van der Waals surface area (Å²) in [4.78, 5) is 20.7. The zero-order valence-electron chi connectivity index (χ0n) is 21.0. The van der Waals surface area contributed by atoms with Crippen molar-refractivity contribution in [3.8, 4) is 0 Å². The van der Waals surface area contributed by atoms with Crippen molar-refractivity contribution in [1.82, 2.24) is 10.3 Å². The standard InChI is InChI=1S/C26H29N5OS4/c1-16-19(20(33)27-5)28-21(32-16)24(2)13-35-23(30-24)26(4)15-36-22(31-26)25(3)14-34-18(29-25)12-11-17-9-7-6-8-10-17/h6-12H,13-15H2,1-5H3,(H,27,33)/b12-11+/t24-,25-,26-/m0/s1. The molecule has 0 saturated carbocycles. The molecular weight excluding hydrogens is 527 g/mol. The van der Waals surface area contributed by atoms with Crippen LogP contribution in [0.25, 0.3) is 6.08 Å². The number of benzene rings is 1. The summed E-state index contributed by atoms with van der Waals surface area (Å²) in [7, 11) is 1.80. The van der Waals surface area contributed by atoms with E-state index >= 15 is 0 Å². The van der Waals surface area contributed by atoms with Gasteiger partial charge in [0.2, 0.25) is 5.89 Å². The van der Waals surface area contributed by atoms with Crippen molar-refractivity contribution in [2.75, 3.05) is 24.3 Å². The van der Waals surface area contributed by atoms with Gasteiger partial charge in [-0.1, -0.05) is 48.6 Å². The lowest BCUT2D eigenvalue weighted by Crippen LogP contribution is -2.33. The van der Waals surface area contributed by atoms with Crippen LogP contribution in [0.15, 0.2) is 55.8 Å². The van der Waals surface area contributed by atoms with E-state index in [4.69, 9.17) is 36.6 Å². The predicted molar refractivity (Wildman–Crippen MR) is 161 cm³/mol. The Labute approximate surface area is 230 Å². The van der Waals surface area contributed by atoms with Gasteiger partial charge >= 0.3 is 0 Å². The number of nitrogens with zero attached hydrogens (tertiary/aromatic N) is 4. The van der Waals surface area contributed by atoms with Crippen LogP contribution in [0.3, 0.4) is 0 Å². The van der Waals surface area contributed by atoms with Gasteiger partial charge in [-0.3, -0.25) is 15.0 Å². The Morgan fingerprint density at radius 3 is 2.22 bits per heavy atom. The first kappa shape index (κ1) is 25.8. The molecule has 1 aromatic heterocycles. The fraction of sp³-hybridized carbons (Fsp3) is 0.423. The van der Waals surface area contributed by atoms with E-state index in [-0.39, 0.29) is 11.1 Å². The first-order valence-electron chi connectivity index (χ1n) is 11.8. The van der Waals surface area contributed by atoms with Gasteiger partial charge in [0.1, 0.15) is 33.1 Å². The van der Waals surface area contributed by atoms with E-state index < -0.39 is 5.54 Å². The first-order chi connectivity index (χ1) is 17.1. The minimum atomic E-state index is -0.543. The van der Waals surface area contributed by atoms with Gasteiger partial charge in [0.15, 0.2) is 0 Å². The van der Waals surface area contributed by atoms with Crippen LogP contribution in [0.2, 0.25) is 0 Å². The Morgan fingerprint density at radius 2 is 1.53 bits per heavy atom. The van der Waals surface area contributed by atoms with Crippen molar-refractivity contribution in [2.45, 2.75) is 44.3 Å². The largest absolute Gasteiger partial charge is 0.443 e. The predicted octanol–water partition coefficient (Wildman–Crippen LogP) is 5.76. The summed E-state index contributed by atoms with van der Waals surface area (Å²) in [6, 6.07) is 10.3. The third-order valence-corrected chi connectivity index (χ3v) is 11.0. The summed E-state index contributed by atoms with van der Waals surface area (Å²) < 4.78 is 6.03. The van der Waals surface area contributed by atoms with Gasteiger partial charge in [-0.05, 0) is 39.3 Å². The zero-order chi connectivity index (χ0) is 25.6. The molecule has 0 aliphatic carbocycles. The SMILES string of the molecule is CNC(=S)c1nc([C@]2(C)CSC([C@]3(C)CSC([C@]4(C)CSC(/C=C/c5ccccc5)=N4)=N3)=N2)oc1C. The summed E-state index contributed by atoms with van der Waals surface area (Å²) in [5.41, 5.74) is 0.628. The third-order valence-electron chi connectivity index (χ3n) is 6.37. The summed E-state index contributed by atoms with van der Waals surface area (Å²) in [5, 5.41) is 6.15. The van der Waals surface area contributed by atoms with Crippen LogP contribution in [0.5, 0.6) is 0 Å². The normalized spacial score (nSPS) is 30.0. The Balaban J connectivity index is 1.36. The van der Waals surface area contributed by atoms with Gasteiger partial charge in [0.25, 0.3) is 0 Å². The molecule has 10 heteroatoms. The molecule has 188 valence electrons. The van der Waals surface area contributed by atoms with Crippen LogP contribution < -0.4 is 5.32 Å². The molecule has 3 aliphatic heterocycles. The van der Waals surface area contributed by atoms with Crippen LogP contribution in [0.4, 0.5) is 0 Å². The van der Waals surface area contributed by atoms with Gasteiger partial charge in [0, 0.05) is 24.3 Å². The van der Waals surface area contributed by atoms with Gasteiger partial charge in [0.05, 0.1) is 15.1 Å². The number of hydrogen-bond acceptors (Lipinski definition) is 9. The number of thioether (sulfide) groups is 3. The lowest BCUT2D eigenvalue weighted by molar-refractivity contribution is 0.376. The topological polar surface area (TPSA) is 75.1 Å². The molecule has 3 aliphatic rings. The maximum Gasteiger partial charge on any atom is 0.223 e. The summed E-state index contributed by atoms with van der Waals surface area (Å²) in [5.74, 6) is 3.83. The molecule has 1 aromatic carbocycles. The lowest BCUT2D eigenvalue weighted by atomic mass is 10.0. The van der Waals surface area contributed by atoms with Gasteiger partial charge in [-0.15, -0.1) is 35.3 Å². The zero-order valence-corrected chi connectivity index (χ0v) is 24.3. The number of hydrogen-bond donors (Lipinski definition) is 1. The number of nitrogens with one attached hydrogen (secondary N) is 1. The van der Waals surface area contributed by atoms with Gasteiger partial charge < -0.3 is 9.73 Å². The van der Waals surface area contributed by atoms with E-state index in [1.54, 1.807) is 42.3 Å². The maximum absolute atomic E-state index is 6.03. The average molecular weight is 556 g/mol. The van der Waals surface area contributed by atoms with Crippen molar-refractivity contribution < 1.29 is 4.42 Å². The molecule has 1 N–H and O–H groups in total. The highest BCUT2D eigenvalue weighted by molar-refractivity contribution is 8.17. The minimum absolute atomic E-state index is 0.311. The summed E-state index contributed by atoms with van der Waals surface area (Å²) in [6.45, 7) is 8.33. The average Bonchev–Trinajstić information content (AvgIpc) is 3.65. The van der Waals surface area contributed by atoms with Crippen molar-refractivity contribution in [3.63, 3.8) is 0 Å². The molecule has 36 heavy (non-hydrogen) atoms. The van der Waals surface area contributed by atoms with Crippen molar-refractivity contribution in [2.24, 2.45) is 15.0 Å². The van der Waals surface area contributed by atoms with Crippen LogP contribution in [0, 0.1) is 6.92 Å². The second-order valence-corrected chi connectivity index (χ2v) is 13.1. The van der Waals surface area contributed by atoms with Crippen LogP contribution >= 0.6 is 47.5 Å².